The Balaban J connectivity index is 1.91. The normalized spacial score (nSPS) is 11.8. The molecule has 0 bridgehead atoms. The summed E-state index contributed by atoms with van der Waals surface area (Å²) in [7, 11) is 1.68. The van der Waals surface area contributed by atoms with Crippen molar-refractivity contribution >= 4 is 5.95 Å². The van der Waals surface area contributed by atoms with Crippen LogP contribution in [-0.2, 0) is 26.3 Å². The quantitative estimate of drug-likeness (QED) is 0.752. The first kappa shape index (κ1) is 17.9. The van der Waals surface area contributed by atoms with E-state index in [0.29, 0.717) is 5.56 Å². The fourth-order valence-electron chi connectivity index (χ4n) is 2.52. The van der Waals surface area contributed by atoms with Crippen LogP contribution in [0.1, 0.15) is 23.9 Å². The third kappa shape index (κ3) is 3.68. The maximum atomic E-state index is 13.2. The Morgan fingerprint density at radius 2 is 1.92 bits per heavy atom. The Morgan fingerprint density at radius 3 is 2.50 bits per heavy atom. The van der Waals surface area contributed by atoms with Crippen LogP contribution in [0.3, 0.4) is 0 Å². The van der Waals surface area contributed by atoms with Gasteiger partial charge in [0.2, 0.25) is 5.95 Å². The smallest absolute Gasteiger partial charge is 0.350 e. The zero-order valence-electron chi connectivity index (χ0n) is 14.5. The van der Waals surface area contributed by atoms with Crippen molar-refractivity contribution in [3.63, 3.8) is 0 Å². The molecule has 0 radical (unpaired) electrons. The zero-order chi connectivity index (χ0) is 18.9. The first-order chi connectivity index (χ1) is 12.3. The van der Waals surface area contributed by atoms with E-state index in [2.05, 4.69) is 25.5 Å². The van der Waals surface area contributed by atoms with Crippen molar-refractivity contribution < 1.29 is 13.2 Å². The van der Waals surface area contributed by atoms with Gasteiger partial charge in [0.1, 0.15) is 0 Å². The SMILES string of the molecule is CCn1ncc(CNc2nc(-c3cnn(C)c3)cc(C(F)(F)F)n2)c1C. The van der Waals surface area contributed by atoms with Crippen LogP contribution in [-0.4, -0.2) is 29.5 Å². The molecule has 10 heteroatoms. The molecule has 138 valence electrons. The lowest BCUT2D eigenvalue weighted by molar-refractivity contribution is -0.141. The van der Waals surface area contributed by atoms with Gasteiger partial charge in [-0.2, -0.15) is 23.4 Å². The minimum atomic E-state index is -4.57. The fraction of sp³-hybridized carbons (Fsp3) is 0.375. The molecule has 0 unspecified atom stereocenters. The van der Waals surface area contributed by atoms with Crippen LogP contribution in [0.4, 0.5) is 19.1 Å². The molecule has 3 heterocycles. The second kappa shape index (κ2) is 6.77. The number of hydrogen-bond acceptors (Lipinski definition) is 5. The number of aryl methyl sites for hydroxylation is 2. The van der Waals surface area contributed by atoms with Crippen LogP contribution in [0, 0.1) is 6.92 Å². The number of hydrogen-bond donors (Lipinski definition) is 1. The predicted octanol–water partition coefficient (Wildman–Crippen LogP) is 3.03. The third-order valence-corrected chi connectivity index (χ3v) is 3.96. The van der Waals surface area contributed by atoms with Gasteiger partial charge in [0.05, 0.1) is 18.1 Å². The van der Waals surface area contributed by atoms with Crippen molar-refractivity contribution in [1.29, 1.82) is 0 Å². The first-order valence-corrected chi connectivity index (χ1v) is 7.98. The van der Waals surface area contributed by atoms with Crippen molar-refractivity contribution in [1.82, 2.24) is 29.5 Å². The van der Waals surface area contributed by atoms with Gasteiger partial charge in [-0.3, -0.25) is 9.36 Å². The highest BCUT2D eigenvalue weighted by molar-refractivity contribution is 5.59. The number of nitrogens with zero attached hydrogens (tertiary/aromatic N) is 6. The van der Waals surface area contributed by atoms with Gasteiger partial charge in [-0.05, 0) is 19.9 Å². The zero-order valence-corrected chi connectivity index (χ0v) is 14.5. The largest absolute Gasteiger partial charge is 0.433 e. The maximum absolute atomic E-state index is 13.2. The van der Waals surface area contributed by atoms with Crippen molar-refractivity contribution in [2.45, 2.75) is 33.1 Å². The summed E-state index contributed by atoms with van der Waals surface area (Å²) in [5.41, 5.74) is 1.45. The van der Waals surface area contributed by atoms with Crippen molar-refractivity contribution in [2.75, 3.05) is 5.32 Å². The number of alkyl halides is 3. The van der Waals surface area contributed by atoms with E-state index in [4.69, 9.17) is 0 Å². The second-order valence-corrected chi connectivity index (χ2v) is 5.79. The van der Waals surface area contributed by atoms with Crippen LogP contribution in [0.2, 0.25) is 0 Å². The predicted molar refractivity (Wildman–Crippen MR) is 89.2 cm³/mol. The molecule has 0 aliphatic carbocycles. The molecule has 0 aliphatic heterocycles. The van der Waals surface area contributed by atoms with Crippen molar-refractivity contribution in [3.8, 4) is 11.3 Å². The molecule has 7 nitrogen and oxygen atoms in total. The number of nitrogens with one attached hydrogen (secondary N) is 1. The van der Waals surface area contributed by atoms with Crippen LogP contribution in [0.15, 0.2) is 24.7 Å². The lowest BCUT2D eigenvalue weighted by atomic mass is 10.2. The topological polar surface area (TPSA) is 73.5 Å². The van der Waals surface area contributed by atoms with Gasteiger partial charge >= 0.3 is 6.18 Å². The van der Waals surface area contributed by atoms with Crippen molar-refractivity contribution in [3.05, 3.63) is 41.6 Å². The van der Waals surface area contributed by atoms with E-state index in [1.807, 2.05) is 18.5 Å². The average molecular weight is 365 g/mol. The number of anilines is 1. The number of rotatable bonds is 5. The summed E-state index contributed by atoms with van der Waals surface area (Å²) in [6.07, 6.45) is 0.171. The molecule has 0 aromatic carbocycles. The van der Waals surface area contributed by atoms with E-state index in [1.165, 1.54) is 10.9 Å². The molecule has 26 heavy (non-hydrogen) atoms. The lowest BCUT2D eigenvalue weighted by Crippen LogP contribution is -2.13. The van der Waals surface area contributed by atoms with E-state index in [-0.39, 0.29) is 18.2 Å². The average Bonchev–Trinajstić information content (AvgIpc) is 3.17. The van der Waals surface area contributed by atoms with E-state index >= 15 is 0 Å². The summed E-state index contributed by atoms with van der Waals surface area (Å²) in [5, 5.41) is 11.1. The van der Waals surface area contributed by atoms with E-state index in [9.17, 15) is 13.2 Å². The molecule has 0 aliphatic rings. The molecular weight excluding hydrogens is 347 g/mol. The van der Waals surface area contributed by atoms with Gasteiger partial charge in [-0.15, -0.1) is 0 Å². The fourth-order valence-corrected chi connectivity index (χ4v) is 2.52. The van der Waals surface area contributed by atoms with Gasteiger partial charge in [-0.25, -0.2) is 9.97 Å². The van der Waals surface area contributed by atoms with E-state index in [1.54, 1.807) is 19.4 Å². The van der Waals surface area contributed by atoms with Gasteiger partial charge in [0, 0.05) is 43.2 Å². The molecule has 3 rings (SSSR count). The van der Waals surface area contributed by atoms with E-state index < -0.39 is 11.9 Å². The number of halogens is 3. The minimum Gasteiger partial charge on any atom is -0.350 e. The van der Waals surface area contributed by atoms with E-state index in [0.717, 1.165) is 23.9 Å². The summed E-state index contributed by atoms with van der Waals surface area (Å²) in [5.74, 6) is -0.0951. The molecule has 0 amide bonds. The Morgan fingerprint density at radius 1 is 1.15 bits per heavy atom. The minimum absolute atomic E-state index is 0.0951. The second-order valence-electron chi connectivity index (χ2n) is 5.79. The lowest BCUT2D eigenvalue weighted by Gasteiger charge is -2.11. The Bertz CT molecular complexity index is 911. The molecule has 0 atom stereocenters. The summed E-state index contributed by atoms with van der Waals surface area (Å²) in [6, 6.07) is 0.919. The van der Waals surface area contributed by atoms with Crippen LogP contribution in [0.25, 0.3) is 11.3 Å². The number of aromatic nitrogens is 6. The van der Waals surface area contributed by atoms with Gasteiger partial charge < -0.3 is 5.32 Å². The van der Waals surface area contributed by atoms with Gasteiger partial charge in [0.25, 0.3) is 0 Å². The third-order valence-electron chi connectivity index (χ3n) is 3.96. The molecule has 3 aromatic heterocycles. The first-order valence-electron chi connectivity index (χ1n) is 7.98. The summed E-state index contributed by atoms with van der Waals surface area (Å²) in [6.45, 7) is 4.87. The Labute approximate surface area is 147 Å². The molecular formula is C16H18F3N7. The highest BCUT2D eigenvalue weighted by Crippen LogP contribution is 2.31. The van der Waals surface area contributed by atoms with Gasteiger partial charge in [0.15, 0.2) is 5.69 Å². The highest BCUT2D eigenvalue weighted by atomic mass is 19.4. The maximum Gasteiger partial charge on any atom is 0.433 e. The highest BCUT2D eigenvalue weighted by Gasteiger charge is 2.34. The molecule has 1 N–H and O–H groups in total. The summed E-state index contributed by atoms with van der Waals surface area (Å²) in [4.78, 5) is 7.81. The standard InChI is InChI=1S/C16H18F3N7/c1-4-26-10(2)11(7-22-26)6-20-15-23-13(12-8-21-25(3)9-12)5-14(24-15)16(17,18)19/h5,7-9H,4,6H2,1-3H3,(H,20,23,24). The van der Waals surface area contributed by atoms with Gasteiger partial charge in [-0.1, -0.05) is 0 Å². The molecule has 0 saturated heterocycles. The van der Waals surface area contributed by atoms with Crippen LogP contribution in [0.5, 0.6) is 0 Å². The molecule has 3 aromatic rings. The summed E-state index contributed by atoms with van der Waals surface area (Å²) >= 11 is 0. The monoisotopic (exact) mass is 365 g/mol. The summed E-state index contributed by atoms with van der Waals surface area (Å²) < 4.78 is 42.9. The van der Waals surface area contributed by atoms with Crippen LogP contribution < -0.4 is 5.32 Å². The molecule has 0 spiro atoms. The van der Waals surface area contributed by atoms with Crippen molar-refractivity contribution in [2.24, 2.45) is 7.05 Å². The molecule has 0 fully saturated rings. The molecule has 0 saturated carbocycles. The Hall–Kier alpha value is -2.91. The van der Waals surface area contributed by atoms with Crippen LogP contribution >= 0.6 is 0 Å². The Kier molecular flexibility index (Phi) is 4.66.